The highest BCUT2D eigenvalue weighted by Crippen LogP contribution is 2.24. The highest BCUT2D eigenvalue weighted by molar-refractivity contribution is 9.10. The second-order valence-corrected chi connectivity index (χ2v) is 3.55. The smallest absolute Gasteiger partial charge is 0.174 e. The lowest BCUT2D eigenvalue weighted by atomic mass is 10.3. The van der Waals surface area contributed by atoms with Gasteiger partial charge >= 0.3 is 0 Å². The highest BCUT2D eigenvalue weighted by atomic mass is 79.9. The Morgan fingerprint density at radius 1 is 1.29 bits per heavy atom. The van der Waals surface area contributed by atoms with E-state index in [4.69, 9.17) is 9.26 Å². The highest BCUT2D eigenvalue weighted by Gasteiger charge is 2.01. The minimum absolute atomic E-state index is 0.391. The quantitative estimate of drug-likeness (QED) is 0.844. The second kappa shape index (κ2) is 4.28. The average Bonchev–Trinajstić information content (AvgIpc) is 2.69. The van der Waals surface area contributed by atoms with Crippen molar-refractivity contribution in [2.45, 2.75) is 6.61 Å². The summed E-state index contributed by atoms with van der Waals surface area (Å²) < 4.78 is 11.3. The second-order valence-electron chi connectivity index (χ2n) is 2.70. The van der Waals surface area contributed by atoms with Crippen molar-refractivity contribution >= 4 is 15.9 Å². The third-order valence-electron chi connectivity index (χ3n) is 1.70. The van der Waals surface area contributed by atoms with Crippen LogP contribution in [0.4, 0.5) is 0 Å². The minimum Gasteiger partial charge on any atom is -0.484 e. The fourth-order valence-electron chi connectivity index (χ4n) is 1.03. The number of nitrogens with zero attached hydrogens (tertiary/aromatic N) is 1. The van der Waals surface area contributed by atoms with Crippen molar-refractivity contribution in [2.75, 3.05) is 0 Å². The first kappa shape index (κ1) is 9.27. The first-order valence-electron chi connectivity index (χ1n) is 4.13. The van der Waals surface area contributed by atoms with Gasteiger partial charge in [0.05, 0.1) is 10.7 Å². The molecule has 0 unspecified atom stereocenters. The molecule has 0 aliphatic rings. The fraction of sp³-hybridized carbons (Fsp3) is 0.100. The molecule has 2 rings (SSSR count). The molecule has 1 aromatic carbocycles. The monoisotopic (exact) mass is 253 g/mol. The van der Waals surface area contributed by atoms with Gasteiger partial charge in [0.25, 0.3) is 0 Å². The molecule has 0 bridgehead atoms. The Morgan fingerprint density at radius 3 is 2.86 bits per heavy atom. The Bertz CT molecular complexity index is 400. The van der Waals surface area contributed by atoms with Gasteiger partial charge in [-0.3, -0.25) is 0 Å². The number of para-hydroxylation sites is 1. The van der Waals surface area contributed by atoms with E-state index in [9.17, 15) is 0 Å². The molecule has 0 saturated carbocycles. The molecule has 2 aromatic rings. The van der Waals surface area contributed by atoms with Crippen molar-refractivity contribution in [3.8, 4) is 5.75 Å². The van der Waals surface area contributed by atoms with Crippen LogP contribution in [0.2, 0.25) is 0 Å². The van der Waals surface area contributed by atoms with Crippen molar-refractivity contribution < 1.29 is 9.26 Å². The number of hydrogen-bond acceptors (Lipinski definition) is 3. The topological polar surface area (TPSA) is 35.3 Å². The van der Waals surface area contributed by atoms with Crippen LogP contribution in [0, 0.1) is 0 Å². The largest absolute Gasteiger partial charge is 0.484 e. The van der Waals surface area contributed by atoms with Crippen LogP contribution in [-0.4, -0.2) is 5.16 Å². The van der Waals surface area contributed by atoms with Crippen molar-refractivity contribution in [1.29, 1.82) is 0 Å². The summed E-state index contributed by atoms with van der Waals surface area (Å²) in [5.41, 5.74) is 0. The van der Waals surface area contributed by atoms with Crippen LogP contribution in [0.25, 0.3) is 0 Å². The van der Waals surface area contributed by atoms with Crippen LogP contribution in [-0.2, 0) is 6.61 Å². The zero-order valence-corrected chi connectivity index (χ0v) is 8.90. The Balaban J connectivity index is 2.02. The van der Waals surface area contributed by atoms with Crippen molar-refractivity contribution in [2.24, 2.45) is 0 Å². The van der Waals surface area contributed by atoms with Gasteiger partial charge in [0, 0.05) is 6.07 Å². The summed E-state index contributed by atoms with van der Waals surface area (Å²) >= 11 is 3.39. The summed E-state index contributed by atoms with van der Waals surface area (Å²) in [6, 6.07) is 9.44. The van der Waals surface area contributed by atoms with Gasteiger partial charge in [-0.05, 0) is 28.1 Å². The Labute approximate surface area is 89.8 Å². The molecule has 0 saturated heterocycles. The summed E-state index contributed by atoms with van der Waals surface area (Å²) in [6.07, 6.45) is 1.60. The zero-order valence-electron chi connectivity index (χ0n) is 7.31. The molecular weight excluding hydrogens is 246 g/mol. The first-order valence-corrected chi connectivity index (χ1v) is 4.92. The molecule has 4 heteroatoms. The molecule has 14 heavy (non-hydrogen) atoms. The van der Waals surface area contributed by atoms with Crippen LogP contribution in [0.1, 0.15) is 5.76 Å². The maximum Gasteiger partial charge on any atom is 0.174 e. The molecule has 0 amide bonds. The third-order valence-corrected chi connectivity index (χ3v) is 2.35. The van der Waals surface area contributed by atoms with Crippen LogP contribution in [0.5, 0.6) is 5.75 Å². The Morgan fingerprint density at radius 2 is 2.14 bits per heavy atom. The fourth-order valence-corrected chi connectivity index (χ4v) is 1.43. The van der Waals surface area contributed by atoms with E-state index in [0.717, 1.165) is 10.2 Å². The summed E-state index contributed by atoms with van der Waals surface area (Å²) in [5.74, 6) is 1.50. The normalized spacial score (nSPS) is 10.1. The van der Waals surface area contributed by atoms with E-state index in [2.05, 4.69) is 21.1 Å². The molecule has 3 nitrogen and oxygen atoms in total. The van der Waals surface area contributed by atoms with Crippen molar-refractivity contribution in [3.63, 3.8) is 0 Å². The molecule has 0 aliphatic heterocycles. The van der Waals surface area contributed by atoms with Gasteiger partial charge in [-0.15, -0.1) is 0 Å². The van der Waals surface area contributed by atoms with E-state index in [1.54, 1.807) is 12.3 Å². The van der Waals surface area contributed by atoms with Gasteiger partial charge in [-0.2, -0.15) is 0 Å². The Kier molecular flexibility index (Phi) is 2.84. The van der Waals surface area contributed by atoms with Crippen molar-refractivity contribution in [1.82, 2.24) is 5.16 Å². The van der Waals surface area contributed by atoms with E-state index in [0.29, 0.717) is 12.4 Å². The van der Waals surface area contributed by atoms with Crippen LogP contribution in [0.3, 0.4) is 0 Å². The maximum absolute atomic E-state index is 5.50. The predicted octanol–water partition coefficient (Wildman–Crippen LogP) is 3.02. The molecule has 0 radical (unpaired) electrons. The van der Waals surface area contributed by atoms with Gasteiger partial charge in [-0.1, -0.05) is 17.3 Å². The number of halogens is 1. The predicted molar refractivity (Wildman–Crippen MR) is 55.0 cm³/mol. The average molecular weight is 254 g/mol. The third kappa shape index (κ3) is 2.14. The van der Waals surface area contributed by atoms with E-state index < -0.39 is 0 Å². The summed E-state index contributed by atoms with van der Waals surface area (Å²) in [5, 5.41) is 3.59. The lowest BCUT2D eigenvalue weighted by molar-refractivity contribution is 0.248. The zero-order chi connectivity index (χ0) is 9.80. The van der Waals surface area contributed by atoms with E-state index in [1.165, 1.54) is 0 Å². The van der Waals surface area contributed by atoms with Crippen molar-refractivity contribution in [3.05, 3.63) is 46.8 Å². The molecule has 0 N–H and O–H groups in total. The first-order chi connectivity index (χ1) is 6.86. The number of hydrogen-bond donors (Lipinski definition) is 0. The van der Waals surface area contributed by atoms with Crippen LogP contribution >= 0.6 is 15.9 Å². The molecule has 1 heterocycles. The SMILES string of the molecule is Brc1ccccc1OCc1ccno1. The van der Waals surface area contributed by atoms with Gasteiger partial charge in [0.15, 0.2) is 5.76 Å². The van der Waals surface area contributed by atoms with Crippen LogP contribution in [0.15, 0.2) is 45.5 Å². The van der Waals surface area contributed by atoms with Gasteiger partial charge in [0.1, 0.15) is 12.4 Å². The number of benzene rings is 1. The molecule has 0 fully saturated rings. The lowest BCUT2D eigenvalue weighted by Gasteiger charge is -2.04. The van der Waals surface area contributed by atoms with Crippen LogP contribution < -0.4 is 4.74 Å². The summed E-state index contributed by atoms with van der Waals surface area (Å²) in [7, 11) is 0. The molecule has 1 aromatic heterocycles. The standard InChI is InChI=1S/C10H8BrNO2/c11-9-3-1-2-4-10(9)13-7-8-5-6-12-14-8/h1-6H,7H2. The molecule has 0 atom stereocenters. The van der Waals surface area contributed by atoms with Gasteiger partial charge in [0.2, 0.25) is 0 Å². The van der Waals surface area contributed by atoms with E-state index in [-0.39, 0.29) is 0 Å². The number of aromatic nitrogens is 1. The van der Waals surface area contributed by atoms with Gasteiger partial charge < -0.3 is 9.26 Å². The maximum atomic E-state index is 5.50. The minimum atomic E-state index is 0.391. The molecule has 72 valence electrons. The lowest BCUT2D eigenvalue weighted by Crippen LogP contribution is -1.93. The summed E-state index contributed by atoms with van der Waals surface area (Å²) in [4.78, 5) is 0. The molecular formula is C10H8BrNO2. The van der Waals surface area contributed by atoms with E-state index in [1.807, 2.05) is 24.3 Å². The molecule has 0 aliphatic carbocycles. The number of rotatable bonds is 3. The van der Waals surface area contributed by atoms with Gasteiger partial charge in [-0.25, -0.2) is 0 Å². The Hall–Kier alpha value is -1.29. The molecule has 0 spiro atoms. The number of ether oxygens (including phenoxy) is 1. The summed E-state index contributed by atoms with van der Waals surface area (Å²) in [6.45, 7) is 0.391. The van der Waals surface area contributed by atoms with E-state index >= 15 is 0 Å².